The molecule has 0 spiro atoms. The summed E-state index contributed by atoms with van der Waals surface area (Å²) in [6.07, 6.45) is 0. The third kappa shape index (κ3) is 3.94. The van der Waals surface area contributed by atoms with Crippen molar-refractivity contribution in [1.82, 2.24) is 4.98 Å². The highest BCUT2D eigenvalue weighted by Gasteiger charge is 2.11. The number of carbonyl (C=O) groups is 1. The number of methoxy groups -OCH3 is 2. The van der Waals surface area contributed by atoms with Crippen molar-refractivity contribution in [3.05, 3.63) is 53.4 Å². The number of aryl methyl sites for hydroxylation is 1. The van der Waals surface area contributed by atoms with Gasteiger partial charge in [-0.15, -0.1) is 11.3 Å². The van der Waals surface area contributed by atoms with Crippen LogP contribution in [0, 0.1) is 6.92 Å². The lowest BCUT2D eigenvalue weighted by Crippen LogP contribution is -2.19. The van der Waals surface area contributed by atoms with Crippen molar-refractivity contribution in [2.24, 2.45) is 0 Å². The Kier molecular flexibility index (Phi) is 5.38. The maximum Gasteiger partial charge on any atom is 0.325 e. The zero-order valence-corrected chi connectivity index (χ0v) is 15.5. The summed E-state index contributed by atoms with van der Waals surface area (Å²) in [4.78, 5) is 16.6. The Bertz CT molecular complexity index is 924. The highest BCUT2D eigenvalue weighted by molar-refractivity contribution is 7.14. The Hall–Kier alpha value is -3.06. The first kappa shape index (κ1) is 17.8. The minimum absolute atomic E-state index is 0.326. The molecule has 0 aliphatic heterocycles. The number of ether oxygens (including phenoxy) is 2. The smallest absolute Gasteiger partial charge is 0.325 e. The van der Waals surface area contributed by atoms with Crippen LogP contribution >= 0.6 is 11.3 Å². The molecule has 26 heavy (non-hydrogen) atoms. The molecule has 0 radical (unpaired) electrons. The standard InChI is InChI=1S/C19H19N3O3S/c1-12-6-4-5-7-14(12)20-18(23)22-19-21-15(11-26-19)13-8-9-16(24-2)17(10-13)25-3/h4-11H,1-3H3,(H2,20,21,22,23). The molecule has 2 amide bonds. The van der Waals surface area contributed by atoms with Gasteiger partial charge in [-0.3, -0.25) is 5.32 Å². The van der Waals surface area contributed by atoms with Crippen LogP contribution in [-0.2, 0) is 0 Å². The van der Waals surface area contributed by atoms with Gasteiger partial charge in [0.05, 0.1) is 19.9 Å². The second kappa shape index (κ2) is 7.88. The molecule has 3 rings (SSSR count). The van der Waals surface area contributed by atoms with Gasteiger partial charge < -0.3 is 14.8 Å². The highest BCUT2D eigenvalue weighted by atomic mass is 32.1. The van der Waals surface area contributed by atoms with Crippen LogP contribution in [0.25, 0.3) is 11.3 Å². The van der Waals surface area contributed by atoms with E-state index in [1.165, 1.54) is 11.3 Å². The Morgan fingerprint density at radius 2 is 1.81 bits per heavy atom. The summed E-state index contributed by atoms with van der Waals surface area (Å²) in [5.74, 6) is 1.28. The van der Waals surface area contributed by atoms with Crippen molar-refractivity contribution in [2.75, 3.05) is 24.9 Å². The Labute approximate surface area is 155 Å². The Morgan fingerprint density at radius 1 is 1.04 bits per heavy atom. The lowest BCUT2D eigenvalue weighted by atomic mass is 10.1. The zero-order valence-electron chi connectivity index (χ0n) is 14.7. The van der Waals surface area contributed by atoms with Crippen LogP contribution in [0.4, 0.5) is 15.6 Å². The normalized spacial score (nSPS) is 10.3. The van der Waals surface area contributed by atoms with Crippen LogP contribution in [0.2, 0.25) is 0 Å². The number of nitrogens with zero attached hydrogens (tertiary/aromatic N) is 1. The molecule has 0 aliphatic carbocycles. The van der Waals surface area contributed by atoms with E-state index in [-0.39, 0.29) is 6.03 Å². The van der Waals surface area contributed by atoms with Crippen LogP contribution in [0.15, 0.2) is 47.8 Å². The number of hydrogen-bond acceptors (Lipinski definition) is 5. The molecule has 1 aromatic heterocycles. The molecular weight excluding hydrogens is 350 g/mol. The van der Waals surface area contributed by atoms with Crippen molar-refractivity contribution < 1.29 is 14.3 Å². The fourth-order valence-electron chi connectivity index (χ4n) is 2.42. The van der Waals surface area contributed by atoms with Crippen molar-refractivity contribution in [3.63, 3.8) is 0 Å². The Morgan fingerprint density at radius 3 is 2.54 bits per heavy atom. The molecular formula is C19H19N3O3S. The van der Waals surface area contributed by atoms with Crippen LogP contribution in [0.5, 0.6) is 11.5 Å². The second-order valence-corrected chi connectivity index (χ2v) is 6.36. The number of aromatic nitrogens is 1. The van der Waals surface area contributed by atoms with E-state index >= 15 is 0 Å². The number of benzene rings is 2. The molecule has 0 unspecified atom stereocenters. The van der Waals surface area contributed by atoms with E-state index in [0.29, 0.717) is 16.6 Å². The minimum Gasteiger partial charge on any atom is -0.493 e. The van der Waals surface area contributed by atoms with Gasteiger partial charge in [-0.2, -0.15) is 0 Å². The number of thiazole rings is 1. The SMILES string of the molecule is COc1ccc(-c2csc(NC(=O)Nc3ccccc3C)n2)cc1OC. The first-order valence-corrected chi connectivity index (χ1v) is 8.80. The van der Waals surface area contributed by atoms with E-state index in [0.717, 1.165) is 22.5 Å². The number of nitrogens with one attached hydrogen (secondary N) is 2. The minimum atomic E-state index is -0.326. The predicted octanol–water partition coefficient (Wildman–Crippen LogP) is 4.78. The van der Waals surface area contributed by atoms with Gasteiger partial charge in [-0.25, -0.2) is 9.78 Å². The van der Waals surface area contributed by atoms with Gasteiger partial charge in [-0.05, 0) is 36.8 Å². The molecule has 6 nitrogen and oxygen atoms in total. The maximum absolute atomic E-state index is 12.2. The van der Waals surface area contributed by atoms with Crippen molar-refractivity contribution >= 4 is 28.2 Å². The first-order chi connectivity index (χ1) is 12.6. The van der Waals surface area contributed by atoms with E-state index in [1.54, 1.807) is 14.2 Å². The summed E-state index contributed by atoms with van der Waals surface area (Å²) >= 11 is 1.36. The second-order valence-electron chi connectivity index (χ2n) is 5.50. The first-order valence-electron chi connectivity index (χ1n) is 7.92. The van der Waals surface area contributed by atoms with Crippen molar-refractivity contribution in [3.8, 4) is 22.8 Å². The largest absolute Gasteiger partial charge is 0.493 e. The lowest BCUT2D eigenvalue weighted by molar-refractivity contribution is 0.262. The van der Waals surface area contributed by atoms with Crippen molar-refractivity contribution in [1.29, 1.82) is 0 Å². The summed E-state index contributed by atoms with van der Waals surface area (Å²) < 4.78 is 10.6. The molecule has 1 heterocycles. The number of para-hydroxylation sites is 1. The average molecular weight is 369 g/mol. The van der Waals surface area contributed by atoms with Crippen LogP contribution in [0.3, 0.4) is 0 Å². The van der Waals surface area contributed by atoms with Gasteiger partial charge in [0.25, 0.3) is 0 Å². The van der Waals surface area contributed by atoms with Crippen molar-refractivity contribution in [2.45, 2.75) is 6.92 Å². The molecule has 0 saturated heterocycles. The molecule has 2 N–H and O–H groups in total. The van der Waals surface area contributed by atoms with Gasteiger partial charge >= 0.3 is 6.03 Å². The highest BCUT2D eigenvalue weighted by Crippen LogP contribution is 2.33. The summed E-state index contributed by atoms with van der Waals surface area (Å²) in [5, 5.41) is 7.98. The predicted molar refractivity (Wildman–Crippen MR) is 104 cm³/mol. The number of urea groups is 1. The molecule has 0 saturated carbocycles. The van der Waals surface area contributed by atoms with E-state index in [4.69, 9.17) is 9.47 Å². The van der Waals surface area contributed by atoms with E-state index in [2.05, 4.69) is 15.6 Å². The summed E-state index contributed by atoms with van der Waals surface area (Å²) in [6, 6.07) is 12.8. The monoisotopic (exact) mass is 369 g/mol. The molecule has 0 aliphatic rings. The maximum atomic E-state index is 12.2. The summed E-state index contributed by atoms with van der Waals surface area (Å²) in [6.45, 7) is 1.94. The Balaban J connectivity index is 1.72. The number of hydrogen-bond donors (Lipinski definition) is 2. The van der Waals surface area contributed by atoms with Crippen LogP contribution in [-0.4, -0.2) is 25.2 Å². The van der Waals surface area contributed by atoms with E-state index in [1.807, 2.05) is 54.8 Å². The van der Waals surface area contributed by atoms with Gasteiger partial charge in [0.15, 0.2) is 16.6 Å². The molecule has 0 atom stereocenters. The number of carbonyl (C=O) groups excluding carboxylic acids is 1. The van der Waals surface area contributed by atoms with Gasteiger partial charge in [0.1, 0.15) is 0 Å². The van der Waals surface area contributed by atoms with Crippen LogP contribution < -0.4 is 20.1 Å². The lowest BCUT2D eigenvalue weighted by Gasteiger charge is -2.08. The van der Waals surface area contributed by atoms with E-state index in [9.17, 15) is 4.79 Å². The molecule has 2 aromatic carbocycles. The number of amides is 2. The number of rotatable bonds is 5. The third-order valence-corrected chi connectivity index (χ3v) is 4.55. The fraction of sp³-hybridized carbons (Fsp3) is 0.158. The molecule has 7 heteroatoms. The molecule has 134 valence electrons. The third-order valence-electron chi connectivity index (χ3n) is 3.80. The average Bonchev–Trinajstić information content (AvgIpc) is 3.11. The topological polar surface area (TPSA) is 72.5 Å². The quantitative estimate of drug-likeness (QED) is 0.679. The van der Waals surface area contributed by atoms with E-state index < -0.39 is 0 Å². The fourth-order valence-corrected chi connectivity index (χ4v) is 3.14. The molecule has 3 aromatic rings. The number of anilines is 2. The van der Waals surface area contributed by atoms with Gasteiger partial charge in [0, 0.05) is 16.6 Å². The summed E-state index contributed by atoms with van der Waals surface area (Å²) in [7, 11) is 3.18. The molecule has 0 bridgehead atoms. The van der Waals surface area contributed by atoms with Gasteiger partial charge in [0.2, 0.25) is 0 Å². The summed E-state index contributed by atoms with van der Waals surface area (Å²) in [5.41, 5.74) is 3.39. The van der Waals surface area contributed by atoms with Gasteiger partial charge in [-0.1, -0.05) is 18.2 Å². The van der Waals surface area contributed by atoms with Crippen LogP contribution in [0.1, 0.15) is 5.56 Å². The molecule has 0 fully saturated rings. The zero-order chi connectivity index (χ0) is 18.5.